The lowest BCUT2D eigenvalue weighted by molar-refractivity contribution is -0.145. The lowest BCUT2D eigenvalue weighted by Gasteiger charge is -2.15. The summed E-state index contributed by atoms with van der Waals surface area (Å²) in [5, 5.41) is 4.23. The molecule has 1 aromatic heterocycles. The molecular formula is C35H34N2O5S. The number of benzene rings is 4. The van der Waals surface area contributed by atoms with Crippen LogP contribution < -0.4 is 9.61 Å². The van der Waals surface area contributed by atoms with Gasteiger partial charge >= 0.3 is 10.8 Å². The van der Waals surface area contributed by atoms with Crippen molar-refractivity contribution in [2.24, 2.45) is 11.1 Å². The SMILES string of the molecule is CO/N=C(\c1ccccc1)c1ccc2c(c1)sc(=O)n2CCOc1ccc(CC(CCc2ccccc2)C(=O)OC)cc1. The van der Waals surface area contributed by atoms with Crippen molar-refractivity contribution in [1.29, 1.82) is 0 Å². The number of esters is 1. The number of methoxy groups -OCH3 is 1. The molecule has 5 rings (SSSR count). The Bertz CT molecular complexity index is 1730. The van der Waals surface area contributed by atoms with Crippen molar-refractivity contribution < 1.29 is 19.1 Å². The molecule has 0 aliphatic rings. The van der Waals surface area contributed by atoms with Gasteiger partial charge in [0, 0.05) is 11.1 Å². The normalized spacial score (nSPS) is 12.2. The minimum atomic E-state index is -0.221. The zero-order chi connectivity index (χ0) is 30.0. The number of aryl methyl sites for hydroxylation is 1. The van der Waals surface area contributed by atoms with Gasteiger partial charge in [-0.3, -0.25) is 14.2 Å². The van der Waals surface area contributed by atoms with E-state index in [0.717, 1.165) is 33.3 Å². The summed E-state index contributed by atoms with van der Waals surface area (Å²) in [4.78, 5) is 30.4. The van der Waals surface area contributed by atoms with Crippen molar-refractivity contribution in [3.05, 3.63) is 135 Å². The molecule has 0 saturated heterocycles. The van der Waals surface area contributed by atoms with Crippen LogP contribution in [-0.2, 0) is 33.8 Å². The average molecular weight is 595 g/mol. The Morgan fingerprint density at radius 3 is 2.28 bits per heavy atom. The van der Waals surface area contributed by atoms with Gasteiger partial charge in [0.1, 0.15) is 25.2 Å². The van der Waals surface area contributed by atoms with Crippen LogP contribution in [0, 0.1) is 5.92 Å². The van der Waals surface area contributed by atoms with Gasteiger partial charge in [-0.15, -0.1) is 0 Å². The van der Waals surface area contributed by atoms with Gasteiger partial charge < -0.3 is 14.3 Å². The van der Waals surface area contributed by atoms with Crippen molar-refractivity contribution >= 4 is 33.2 Å². The number of nitrogens with zero attached hydrogens (tertiary/aromatic N) is 2. The van der Waals surface area contributed by atoms with Crippen LogP contribution >= 0.6 is 11.3 Å². The highest BCUT2D eigenvalue weighted by Crippen LogP contribution is 2.23. The smallest absolute Gasteiger partial charge is 0.309 e. The van der Waals surface area contributed by atoms with Crippen molar-refractivity contribution in [2.45, 2.75) is 25.8 Å². The van der Waals surface area contributed by atoms with Crippen LogP contribution in [0.1, 0.15) is 28.7 Å². The average Bonchev–Trinajstić information content (AvgIpc) is 3.36. The summed E-state index contributed by atoms with van der Waals surface area (Å²) in [6.07, 6.45) is 2.13. The molecule has 1 heterocycles. The van der Waals surface area contributed by atoms with Gasteiger partial charge in [-0.25, -0.2) is 0 Å². The molecule has 0 saturated carbocycles. The first-order valence-electron chi connectivity index (χ1n) is 14.2. The third-order valence-electron chi connectivity index (χ3n) is 7.32. The van der Waals surface area contributed by atoms with E-state index in [1.165, 1.54) is 31.1 Å². The van der Waals surface area contributed by atoms with E-state index in [1.54, 1.807) is 4.57 Å². The maximum atomic E-state index is 12.9. The van der Waals surface area contributed by atoms with Gasteiger partial charge in [0.25, 0.3) is 0 Å². The fourth-order valence-electron chi connectivity index (χ4n) is 5.10. The summed E-state index contributed by atoms with van der Waals surface area (Å²) in [6.45, 7) is 0.761. The fourth-order valence-corrected chi connectivity index (χ4v) is 6.06. The summed E-state index contributed by atoms with van der Waals surface area (Å²) in [5.74, 6) is 0.292. The van der Waals surface area contributed by atoms with Gasteiger partial charge in [-0.2, -0.15) is 0 Å². The number of ether oxygens (including phenoxy) is 2. The molecule has 0 bridgehead atoms. The van der Waals surface area contributed by atoms with Crippen LogP contribution in [0.5, 0.6) is 5.75 Å². The van der Waals surface area contributed by atoms with Gasteiger partial charge in [0.05, 0.1) is 29.8 Å². The minimum Gasteiger partial charge on any atom is -0.492 e. The molecule has 1 atom stereocenters. The van der Waals surface area contributed by atoms with E-state index < -0.39 is 0 Å². The maximum absolute atomic E-state index is 12.9. The largest absolute Gasteiger partial charge is 0.492 e. The van der Waals surface area contributed by atoms with Crippen molar-refractivity contribution in [3.8, 4) is 5.75 Å². The number of thiazole rings is 1. The van der Waals surface area contributed by atoms with Crippen LogP contribution in [0.15, 0.2) is 113 Å². The first kappa shape index (κ1) is 29.8. The summed E-state index contributed by atoms with van der Waals surface area (Å²) < 4.78 is 13.7. The Hall–Kier alpha value is -4.69. The molecule has 0 fully saturated rings. The number of hydrogen-bond acceptors (Lipinski definition) is 7. The molecule has 220 valence electrons. The van der Waals surface area contributed by atoms with E-state index in [0.29, 0.717) is 37.5 Å². The molecule has 1 unspecified atom stereocenters. The van der Waals surface area contributed by atoms with E-state index in [1.807, 2.05) is 91.0 Å². The van der Waals surface area contributed by atoms with E-state index in [2.05, 4.69) is 17.3 Å². The predicted octanol–water partition coefficient (Wildman–Crippen LogP) is 6.51. The van der Waals surface area contributed by atoms with Gasteiger partial charge in [0.15, 0.2) is 0 Å². The number of oxime groups is 1. The summed E-state index contributed by atoms with van der Waals surface area (Å²) in [6, 6.07) is 33.6. The van der Waals surface area contributed by atoms with Crippen molar-refractivity contribution in [1.82, 2.24) is 4.57 Å². The Balaban J connectivity index is 1.20. The molecule has 0 radical (unpaired) electrons. The highest BCUT2D eigenvalue weighted by molar-refractivity contribution is 7.16. The number of carbonyl (C=O) groups excluding carboxylic acids is 1. The highest BCUT2D eigenvalue weighted by Gasteiger charge is 2.20. The third kappa shape index (κ3) is 7.59. The van der Waals surface area contributed by atoms with Crippen LogP contribution in [0.2, 0.25) is 0 Å². The van der Waals surface area contributed by atoms with Crippen LogP contribution in [-0.4, -0.2) is 37.1 Å². The topological polar surface area (TPSA) is 79.1 Å². The Morgan fingerprint density at radius 1 is 0.860 bits per heavy atom. The molecule has 0 aliphatic heterocycles. The molecular weight excluding hydrogens is 560 g/mol. The molecule has 5 aromatic rings. The number of hydrogen-bond donors (Lipinski definition) is 0. The van der Waals surface area contributed by atoms with Crippen LogP contribution in [0.3, 0.4) is 0 Å². The van der Waals surface area contributed by atoms with E-state index in [9.17, 15) is 9.59 Å². The zero-order valence-corrected chi connectivity index (χ0v) is 25.1. The second-order valence-corrected chi connectivity index (χ2v) is 11.1. The number of aromatic nitrogens is 1. The fraction of sp³-hybridized carbons (Fsp3) is 0.229. The molecule has 0 amide bonds. The highest BCUT2D eigenvalue weighted by atomic mass is 32.1. The number of carbonyl (C=O) groups is 1. The molecule has 0 spiro atoms. The second-order valence-electron chi connectivity index (χ2n) is 10.1. The third-order valence-corrected chi connectivity index (χ3v) is 8.26. The molecule has 7 nitrogen and oxygen atoms in total. The molecule has 0 N–H and O–H groups in total. The predicted molar refractivity (Wildman–Crippen MR) is 171 cm³/mol. The van der Waals surface area contributed by atoms with Crippen molar-refractivity contribution in [3.63, 3.8) is 0 Å². The zero-order valence-electron chi connectivity index (χ0n) is 24.3. The Kier molecular flexibility index (Phi) is 10.0. The Labute approximate surface area is 255 Å². The Morgan fingerprint density at radius 2 is 1.58 bits per heavy atom. The van der Waals surface area contributed by atoms with E-state index in [-0.39, 0.29) is 16.8 Å². The maximum Gasteiger partial charge on any atom is 0.309 e. The summed E-state index contributed by atoms with van der Waals surface area (Å²) in [7, 11) is 2.96. The van der Waals surface area contributed by atoms with Crippen molar-refractivity contribution in [2.75, 3.05) is 20.8 Å². The first-order valence-corrected chi connectivity index (χ1v) is 15.0. The van der Waals surface area contributed by atoms with E-state index >= 15 is 0 Å². The van der Waals surface area contributed by atoms with Gasteiger partial charge in [-0.1, -0.05) is 95.4 Å². The number of fused-ring (bicyclic) bond motifs is 1. The van der Waals surface area contributed by atoms with Crippen LogP contribution in [0.4, 0.5) is 0 Å². The van der Waals surface area contributed by atoms with Crippen LogP contribution in [0.25, 0.3) is 10.2 Å². The number of rotatable bonds is 13. The standard InChI is InChI=1S/C35H34N2O5S/c1-40-34(38)29(16-13-25-9-5-3-6-10-25)23-26-14-18-30(19-15-26)42-22-21-37-31-20-17-28(24-32(31)43-35(37)39)33(36-41-2)27-11-7-4-8-12-27/h3-12,14-15,17-20,24,29H,13,16,21-23H2,1-2H3/b36-33+. The molecule has 8 heteroatoms. The van der Waals surface area contributed by atoms with Gasteiger partial charge in [-0.05, 0) is 54.7 Å². The lowest BCUT2D eigenvalue weighted by atomic mass is 9.93. The first-order chi connectivity index (χ1) is 21.1. The quantitative estimate of drug-likeness (QED) is 0.0883. The summed E-state index contributed by atoms with van der Waals surface area (Å²) in [5.41, 5.74) is 5.61. The van der Waals surface area contributed by atoms with Gasteiger partial charge in [0.2, 0.25) is 0 Å². The monoisotopic (exact) mass is 594 g/mol. The minimum absolute atomic E-state index is 0.0413. The van der Waals surface area contributed by atoms with E-state index in [4.69, 9.17) is 14.3 Å². The lowest BCUT2D eigenvalue weighted by Crippen LogP contribution is -2.19. The summed E-state index contributed by atoms with van der Waals surface area (Å²) >= 11 is 1.20. The molecule has 0 aliphatic carbocycles. The molecule has 43 heavy (non-hydrogen) atoms. The second kappa shape index (κ2) is 14.5. The molecule has 4 aromatic carbocycles.